The van der Waals surface area contributed by atoms with E-state index in [2.05, 4.69) is 44.8 Å². The Bertz CT molecular complexity index is 284. The van der Waals surface area contributed by atoms with Crippen LogP contribution in [0.4, 0.5) is 0 Å². The van der Waals surface area contributed by atoms with Crippen molar-refractivity contribution in [2.45, 2.75) is 71.2 Å². The van der Waals surface area contributed by atoms with E-state index in [1.807, 2.05) is 0 Å². The van der Waals surface area contributed by atoms with Gasteiger partial charge in [0, 0.05) is 37.3 Å². The van der Waals surface area contributed by atoms with Crippen LogP contribution in [0.25, 0.3) is 0 Å². The molecule has 0 aromatic heterocycles. The minimum atomic E-state index is 0.229. The summed E-state index contributed by atoms with van der Waals surface area (Å²) in [6, 6.07) is 1.25. The van der Waals surface area contributed by atoms with E-state index in [9.17, 15) is 0 Å². The molecule has 0 saturated carbocycles. The van der Waals surface area contributed by atoms with E-state index < -0.39 is 0 Å². The molecule has 3 heteroatoms. The summed E-state index contributed by atoms with van der Waals surface area (Å²) in [6.07, 6.45) is 2.78. The maximum atomic E-state index is 5.83. The third-order valence-corrected chi connectivity index (χ3v) is 5.44. The van der Waals surface area contributed by atoms with Crippen LogP contribution in [-0.2, 0) is 4.74 Å². The largest absolute Gasteiger partial charge is 0.377 e. The smallest absolute Gasteiger partial charge is 0.0728 e. The lowest BCUT2D eigenvalue weighted by atomic mass is 9.86. The number of rotatable bonds is 3. The zero-order chi connectivity index (χ0) is 13.3. The lowest BCUT2D eigenvalue weighted by Gasteiger charge is -2.50. The number of piperazine rings is 1. The van der Waals surface area contributed by atoms with Crippen molar-refractivity contribution in [1.82, 2.24) is 10.2 Å². The van der Waals surface area contributed by atoms with Crippen LogP contribution in [0, 0.1) is 5.92 Å². The average molecular weight is 254 g/mol. The quantitative estimate of drug-likeness (QED) is 0.836. The predicted molar refractivity (Wildman–Crippen MR) is 75.8 cm³/mol. The molecule has 2 rings (SSSR count). The third-order valence-electron chi connectivity index (χ3n) is 5.44. The van der Waals surface area contributed by atoms with E-state index in [0.717, 1.165) is 19.1 Å². The van der Waals surface area contributed by atoms with Crippen LogP contribution in [0.1, 0.15) is 47.5 Å². The van der Waals surface area contributed by atoms with E-state index in [1.54, 1.807) is 0 Å². The van der Waals surface area contributed by atoms with Crippen LogP contribution in [0.5, 0.6) is 0 Å². The van der Waals surface area contributed by atoms with Crippen molar-refractivity contribution in [2.75, 3.05) is 19.7 Å². The summed E-state index contributed by atoms with van der Waals surface area (Å²) in [7, 11) is 0. The maximum absolute atomic E-state index is 5.83. The fourth-order valence-corrected chi connectivity index (χ4v) is 3.47. The molecule has 0 bridgehead atoms. The topological polar surface area (TPSA) is 24.5 Å². The van der Waals surface area contributed by atoms with Crippen molar-refractivity contribution in [3.63, 3.8) is 0 Å². The van der Waals surface area contributed by atoms with Gasteiger partial charge >= 0.3 is 0 Å². The van der Waals surface area contributed by atoms with Crippen LogP contribution >= 0.6 is 0 Å². The molecule has 0 aromatic rings. The molecule has 2 fully saturated rings. The maximum Gasteiger partial charge on any atom is 0.0728 e. The highest BCUT2D eigenvalue weighted by Crippen LogP contribution is 2.35. The minimum Gasteiger partial charge on any atom is -0.377 e. The molecule has 5 unspecified atom stereocenters. The normalized spacial score (nSPS) is 44.2. The Kier molecular flexibility index (Phi) is 4.35. The first kappa shape index (κ1) is 14.3. The van der Waals surface area contributed by atoms with Crippen LogP contribution in [0.2, 0.25) is 0 Å². The summed E-state index contributed by atoms with van der Waals surface area (Å²) in [6.45, 7) is 14.8. The number of ether oxygens (including phenoxy) is 1. The molecular formula is C15H30N2O. The highest BCUT2D eigenvalue weighted by molar-refractivity contribution is 5.01. The highest BCUT2D eigenvalue weighted by Gasteiger charge is 2.46. The number of hydrogen-bond donors (Lipinski definition) is 1. The first-order chi connectivity index (χ1) is 8.49. The van der Waals surface area contributed by atoms with Gasteiger partial charge in [0.2, 0.25) is 0 Å². The van der Waals surface area contributed by atoms with Crippen LogP contribution < -0.4 is 5.32 Å². The van der Waals surface area contributed by atoms with Crippen LogP contribution in [0.15, 0.2) is 0 Å². The second-order valence-corrected chi connectivity index (χ2v) is 6.52. The van der Waals surface area contributed by atoms with E-state index in [0.29, 0.717) is 18.2 Å². The van der Waals surface area contributed by atoms with Crippen molar-refractivity contribution in [1.29, 1.82) is 0 Å². The van der Waals surface area contributed by atoms with Gasteiger partial charge in [-0.25, -0.2) is 0 Å². The summed E-state index contributed by atoms with van der Waals surface area (Å²) >= 11 is 0. The Balaban J connectivity index is 2.10. The predicted octanol–water partition coefficient (Wildman–Crippen LogP) is 2.26. The Morgan fingerprint density at radius 2 is 2.17 bits per heavy atom. The van der Waals surface area contributed by atoms with Gasteiger partial charge in [0.25, 0.3) is 0 Å². The molecule has 5 atom stereocenters. The Labute approximate surface area is 112 Å². The number of nitrogens with zero attached hydrogens (tertiary/aromatic N) is 1. The molecule has 106 valence electrons. The Morgan fingerprint density at radius 3 is 2.72 bits per heavy atom. The Morgan fingerprint density at radius 1 is 1.44 bits per heavy atom. The summed E-state index contributed by atoms with van der Waals surface area (Å²) in [5.74, 6) is 0.751. The molecule has 18 heavy (non-hydrogen) atoms. The van der Waals surface area contributed by atoms with Gasteiger partial charge in [-0.05, 0) is 33.1 Å². The molecule has 2 saturated heterocycles. The zero-order valence-electron chi connectivity index (χ0n) is 12.7. The lowest BCUT2D eigenvalue weighted by molar-refractivity contribution is -0.0253. The molecule has 2 aliphatic heterocycles. The fraction of sp³-hybridized carbons (Fsp3) is 1.00. The van der Waals surface area contributed by atoms with E-state index in [-0.39, 0.29) is 5.54 Å². The molecule has 0 radical (unpaired) electrons. The molecular weight excluding hydrogens is 224 g/mol. The van der Waals surface area contributed by atoms with E-state index in [4.69, 9.17) is 4.74 Å². The van der Waals surface area contributed by atoms with Crippen molar-refractivity contribution >= 4 is 0 Å². The monoisotopic (exact) mass is 254 g/mol. The van der Waals surface area contributed by atoms with Gasteiger partial charge in [-0.1, -0.05) is 20.3 Å². The molecule has 0 aliphatic carbocycles. The van der Waals surface area contributed by atoms with Crippen molar-refractivity contribution in [2.24, 2.45) is 5.92 Å². The second-order valence-electron chi connectivity index (χ2n) is 6.52. The van der Waals surface area contributed by atoms with Crippen molar-refractivity contribution < 1.29 is 4.74 Å². The van der Waals surface area contributed by atoms with Gasteiger partial charge in [-0.2, -0.15) is 0 Å². The molecule has 0 aromatic carbocycles. The van der Waals surface area contributed by atoms with Gasteiger partial charge in [-0.15, -0.1) is 0 Å². The first-order valence-corrected chi connectivity index (χ1v) is 7.60. The molecule has 3 nitrogen and oxygen atoms in total. The molecule has 0 amide bonds. The van der Waals surface area contributed by atoms with Gasteiger partial charge in [-0.3, -0.25) is 4.90 Å². The number of nitrogens with one attached hydrogen (secondary N) is 1. The van der Waals surface area contributed by atoms with Crippen LogP contribution in [-0.4, -0.2) is 48.3 Å². The summed E-state index contributed by atoms with van der Waals surface area (Å²) < 4.78 is 5.83. The number of hydrogen-bond acceptors (Lipinski definition) is 3. The summed E-state index contributed by atoms with van der Waals surface area (Å²) in [5, 5.41) is 3.72. The fourth-order valence-electron chi connectivity index (χ4n) is 3.47. The summed E-state index contributed by atoms with van der Waals surface area (Å²) in [5.41, 5.74) is 0.229. The van der Waals surface area contributed by atoms with Crippen LogP contribution in [0.3, 0.4) is 0 Å². The highest BCUT2D eigenvalue weighted by atomic mass is 16.5. The molecule has 1 N–H and O–H groups in total. The second kappa shape index (κ2) is 5.48. The zero-order valence-corrected chi connectivity index (χ0v) is 12.7. The van der Waals surface area contributed by atoms with Crippen molar-refractivity contribution in [3.05, 3.63) is 0 Å². The minimum absolute atomic E-state index is 0.229. The van der Waals surface area contributed by atoms with Gasteiger partial charge in [0.1, 0.15) is 0 Å². The van der Waals surface area contributed by atoms with Crippen molar-refractivity contribution in [3.8, 4) is 0 Å². The Hall–Kier alpha value is -0.120. The molecule has 2 heterocycles. The van der Waals surface area contributed by atoms with Gasteiger partial charge in [0.15, 0.2) is 0 Å². The molecule has 2 aliphatic rings. The first-order valence-electron chi connectivity index (χ1n) is 7.60. The summed E-state index contributed by atoms with van der Waals surface area (Å²) in [4.78, 5) is 2.71. The van der Waals surface area contributed by atoms with Gasteiger partial charge in [0.05, 0.1) is 6.10 Å². The average Bonchev–Trinajstić information content (AvgIpc) is 2.70. The van der Waals surface area contributed by atoms with Gasteiger partial charge < -0.3 is 10.1 Å². The molecule has 0 spiro atoms. The lowest BCUT2D eigenvalue weighted by Crippen LogP contribution is -2.65. The third kappa shape index (κ3) is 2.45. The standard InChI is InChI=1S/C15H30N2O/c1-6-11(2)14-10-17(12(3)9-16-14)15(5)7-8-18-13(15)4/h11-14,16H,6-10H2,1-5H3. The van der Waals surface area contributed by atoms with E-state index >= 15 is 0 Å². The SMILES string of the molecule is CCC(C)C1CN(C2(C)CCOC2C)C(C)CN1. The van der Waals surface area contributed by atoms with E-state index in [1.165, 1.54) is 19.4 Å².